The zero-order valence-corrected chi connectivity index (χ0v) is 40.2. The second-order valence-corrected chi connectivity index (χ2v) is 16.9. The molecule has 3 unspecified atom stereocenters. The van der Waals surface area contributed by atoms with Gasteiger partial charge in [-0.3, -0.25) is 9.59 Å². The minimum atomic E-state index is -0.826. The molecule has 0 bridgehead atoms. The van der Waals surface area contributed by atoms with Gasteiger partial charge in [0, 0.05) is 6.42 Å². The Morgan fingerprint density at radius 1 is 0.516 bits per heavy atom. The molecule has 0 fully saturated rings. The molecule has 3 N–H and O–H groups in total. The molecular weight excluding hydrogens is 767 g/mol. The molecule has 0 aromatic rings. The number of rotatable bonds is 44. The van der Waals surface area contributed by atoms with E-state index in [2.05, 4.69) is 111 Å². The summed E-state index contributed by atoms with van der Waals surface area (Å²) >= 11 is 0. The molecule has 0 saturated heterocycles. The minimum absolute atomic E-state index is 0.0557. The quantitative estimate of drug-likeness (QED) is 0.0245. The summed E-state index contributed by atoms with van der Waals surface area (Å²) in [5.41, 5.74) is 0. The molecular formula is C56H95NO5. The minimum Gasteiger partial charge on any atom is -0.458 e. The second kappa shape index (κ2) is 48.8. The van der Waals surface area contributed by atoms with Gasteiger partial charge in [0.05, 0.1) is 25.2 Å². The summed E-state index contributed by atoms with van der Waals surface area (Å²) < 4.78 is 5.81. The third-order valence-corrected chi connectivity index (χ3v) is 11.0. The van der Waals surface area contributed by atoms with Gasteiger partial charge in [-0.2, -0.15) is 0 Å². The smallest absolute Gasteiger partial charge is 0.306 e. The number of carbonyl (C=O) groups is 2. The van der Waals surface area contributed by atoms with Crippen LogP contribution in [0.25, 0.3) is 0 Å². The number of hydrogen-bond acceptors (Lipinski definition) is 5. The van der Waals surface area contributed by atoms with Crippen LogP contribution in [0.4, 0.5) is 0 Å². The van der Waals surface area contributed by atoms with Crippen molar-refractivity contribution >= 4 is 11.9 Å². The highest BCUT2D eigenvalue weighted by Crippen LogP contribution is 2.16. The number of aliphatic hydroxyl groups excluding tert-OH is 2. The predicted octanol–water partition coefficient (Wildman–Crippen LogP) is 15.3. The number of hydrogen-bond donors (Lipinski definition) is 3. The highest BCUT2D eigenvalue weighted by atomic mass is 16.5. The fraction of sp³-hybridized carbons (Fsp3) is 0.679. The molecule has 62 heavy (non-hydrogen) atoms. The van der Waals surface area contributed by atoms with Crippen LogP contribution >= 0.6 is 0 Å². The molecule has 354 valence electrons. The van der Waals surface area contributed by atoms with Crippen molar-refractivity contribution < 1.29 is 24.5 Å². The maximum atomic E-state index is 13.2. The Labute approximate surface area is 382 Å². The topological polar surface area (TPSA) is 95.9 Å². The van der Waals surface area contributed by atoms with E-state index in [1.54, 1.807) is 6.08 Å². The van der Waals surface area contributed by atoms with Crippen LogP contribution in [-0.4, -0.2) is 46.9 Å². The fourth-order valence-electron chi connectivity index (χ4n) is 7.16. The average Bonchev–Trinajstić information content (AvgIpc) is 3.26. The normalized spacial score (nSPS) is 14.1. The summed E-state index contributed by atoms with van der Waals surface area (Å²) in [6, 6.07) is -0.749. The summed E-state index contributed by atoms with van der Waals surface area (Å²) in [6.07, 6.45) is 64.9. The van der Waals surface area contributed by atoms with Crippen molar-refractivity contribution in [3.8, 4) is 0 Å². The molecule has 0 radical (unpaired) electrons. The molecule has 0 aromatic carbocycles. The Kier molecular flexibility index (Phi) is 46.3. The Morgan fingerprint density at radius 2 is 0.968 bits per heavy atom. The summed E-state index contributed by atoms with van der Waals surface area (Å²) in [7, 11) is 0. The van der Waals surface area contributed by atoms with Crippen LogP contribution in [0.1, 0.15) is 220 Å². The number of amides is 1. The standard InChI is InChI=1S/C56H95NO5/c1-4-7-10-13-16-19-22-25-28-31-34-37-40-43-46-49-56(61)62-52(47-44-41-38-35-32-29-26-23-20-17-14-11-8-5-2)50-55(60)57-53(51-58)54(59)48-45-42-39-36-33-30-27-24-21-18-15-12-9-6-3/h7-8,10-11,13,16-17,19-20,22,26,29,35,38,44,47,52-54,58-59H,4-6,9,12,14-15,18,21,23-25,27-28,30-34,36-37,39-43,45-46,48-51H2,1-3H3,(H,57,60)/b10-7+,11-8+,16-13+,20-17+,22-19+,29-26+,38-35+,47-44+. The van der Waals surface area contributed by atoms with Crippen LogP contribution in [0.15, 0.2) is 97.2 Å². The lowest BCUT2D eigenvalue weighted by atomic mass is 10.0. The van der Waals surface area contributed by atoms with Crippen LogP contribution < -0.4 is 5.32 Å². The fourth-order valence-corrected chi connectivity index (χ4v) is 7.16. The number of esters is 1. The first-order valence-corrected chi connectivity index (χ1v) is 25.5. The Morgan fingerprint density at radius 3 is 1.48 bits per heavy atom. The molecule has 0 aliphatic heterocycles. The van der Waals surface area contributed by atoms with E-state index in [-0.39, 0.29) is 24.9 Å². The molecule has 1 amide bonds. The second-order valence-electron chi connectivity index (χ2n) is 16.9. The van der Waals surface area contributed by atoms with E-state index in [9.17, 15) is 19.8 Å². The molecule has 6 heteroatoms. The SMILES string of the molecule is CC/C=C/C=C/C=C/CCCCCCCCCC(=O)OC(/C=C/C/C=C/C/C=C/C/C=C/C/C=C/CC)CC(=O)NC(CO)C(O)CCCCCCCCCCCCCCCC. The zero-order chi connectivity index (χ0) is 45.2. The van der Waals surface area contributed by atoms with Crippen LogP contribution in [0.2, 0.25) is 0 Å². The number of unbranched alkanes of at least 4 members (excludes halogenated alkanes) is 20. The van der Waals surface area contributed by atoms with Crippen LogP contribution in [0, 0.1) is 0 Å². The number of allylic oxidation sites excluding steroid dienone is 15. The highest BCUT2D eigenvalue weighted by molar-refractivity contribution is 5.78. The Balaban J connectivity index is 4.74. The first-order chi connectivity index (χ1) is 30.5. The first-order valence-electron chi connectivity index (χ1n) is 25.5. The van der Waals surface area contributed by atoms with E-state index < -0.39 is 18.2 Å². The largest absolute Gasteiger partial charge is 0.458 e. The molecule has 3 atom stereocenters. The summed E-state index contributed by atoms with van der Waals surface area (Å²) in [5, 5.41) is 23.7. The van der Waals surface area contributed by atoms with Gasteiger partial charge >= 0.3 is 5.97 Å². The van der Waals surface area contributed by atoms with Crippen molar-refractivity contribution in [2.75, 3.05) is 6.61 Å². The number of carbonyl (C=O) groups excluding carboxylic acids is 2. The lowest BCUT2D eigenvalue weighted by Gasteiger charge is -2.23. The molecule has 0 saturated carbocycles. The highest BCUT2D eigenvalue weighted by Gasteiger charge is 2.23. The third-order valence-electron chi connectivity index (χ3n) is 11.0. The Bertz CT molecular complexity index is 1240. The maximum Gasteiger partial charge on any atom is 0.306 e. The van der Waals surface area contributed by atoms with Crippen molar-refractivity contribution in [3.05, 3.63) is 97.2 Å². The van der Waals surface area contributed by atoms with Gasteiger partial charge in [-0.15, -0.1) is 0 Å². The molecule has 0 heterocycles. The van der Waals surface area contributed by atoms with Gasteiger partial charge < -0.3 is 20.3 Å². The first kappa shape index (κ1) is 58.8. The average molecular weight is 862 g/mol. The Hall–Kier alpha value is -3.22. The van der Waals surface area contributed by atoms with E-state index in [0.29, 0.717) is 19.3 Å². The molecule has 0 rings (SSSR count). The van der Waals surface area contributed by atoms with Gasteiger partial charge in [-0.05, 0) is 70.3 Å². The van der Waals surface area contributed by atoms with E-state index in [1.807, 2.05) is 6.08 Å². The molecule has 0 aromatic heterocycles. The van der Waals surface area contributed by atoms with E-state index in [4.69, 9.17) is 4.74 Å². The van der Waals surface area contributed by atoms with Crippen molar-refractivity contribution in [1.29, 1.82) is 0 Å². The van der Waals surface area contributed by atoms with E-state index >= 15 is 0 Å². The summed E-state index contributed by atoms with van der Waals surface area (Å²) in [4.78, 5) is 26.1. The molecule has 0 aliphatic carbocycles. The maximum absolute atomic E-state index is 13.2. The van der Waals surface area contributed by atoms with Crippen LogP contribution in [0.3, 0.4) is 0 Å². The van der Waals surface area contributed by atoms with Gasteiger partial charge in [0.2, 0.25) is 5.91 Å². The van der Waals surface area contributed by atoms with Crippen molar-refractivity contribution in [2.24, 2.45) is 0 Å². The number of aliphatic hydroxyl groups is 2. The van der Waals surface area contributed by atoms with Crippen molar-refractivity contribution in [2.45, 2.75) is 238 Å². The summed E-state index contributed by atoms with van der Waals surface area (Å²) in [6.45, 7) is 6.19. The predicted molar refractivity (Wildman–Crippen MR) is 268 cm³/mol. The molecule has 6 nitrogen and oxygen atoms in total. The molecule has 0 spiro atoms. The van der Waals surface area contributed by atoms with E-state index in [1.165, 1.54) is 96.3 Å². The lowest BCUT2D eigenvalue weighted by Crippen LogP contribution is -2.46. The number of nitrogens with one attached hydrogen (secondary N) is 1. The van der Waals surface area contributed by atoms with E-state index in [0.717, 1.165) is 77.0 Å². The van der Waals surface area contributed by atoms with Crippen molar-refractivity contribution in [3.63, 3.8) is 0 Å². The van der Waals surface area contributed by atoms with Gasteiger partial charge in [0.25, 0.3) is 0 Å². The number of ether oxygens (including phenoxy) is 1. The monoisotopic (exact) mass is 862 g/mol. The zero-order valence-electron chi connectivity index (χ0n) is 40.2. The van der Waals surface area contributed by atoms with Gasteiger partial charge in [0.15, 0.2) is 0 Å². The third kappa shape index (κ3) is 43.4. The van der Waals surface area contributed by atoms with Crippen molar-refractivity contribution in [1.82, 2.24) is 5.32 Å². The van der Waals surface area contributed by atoms with Crippen LogP contribution in [0.5, 0.6) is 0 Å². The molecule has 0 aliphatic rings. The van der Waals surface area contributed by atoms with Gasteiger partial charge in [0.1, 0.15) is 6.10 Å². The summed E-state index contributed by atoms with van der Waals surface area (Å²) in [5.74, 6) is -0.648. The van der Waals surface area contributed by atoms with Gasteiger partial charge in [-0.1, -0.05) is 234 Å². The lowest BCUT2D eigenvalue weighted by molar-refractivity contribution is -0.148. The van der Waals surface area contributed by atoms with Crippen LogP contribution in [-0.2, 0) is 14.3 Å². The van der Waals surface area contributed by atoms with Gasteiger partial charge in [-0.25, -0.2) is 0 Å².